The maximum absolute atomic E-state index is 12.0. The first-order valence-corrected chi connectivity index (χ1v) is 6.04. The molecule has 1 aliphatic rings. The van der Waals surface area contributed by atoms with E-state index in [1.165, 1.54) is 0 Å². The summed E-state index contributed by atoms with van der Waals surface area (Å²) in [6.07, 6.45) is 5.18. The third-order valence-electron chi connectivity index (χ3n) is 2.80. The molecule has 3 nitrogen and oxygen atoms in total. The zero-order valence-electron chi connectivity index (χ0n) is 10.2. The van der Waals surface area contributed by atoms with Crippen LogP contribution in [0.5, 0.6) is 0 Å². The molecule has 0 saturated carbocycles. The third kappa shape index (κ3) is 3.09. The number of nitrogens with zero attached hydrogens (tertiary/aromatic N) is 2. The lowest BCUT2D eigenvalue weighted by atomic mass is 10.1. The Kier molecular flexibility index (Phi) is 3.81. The Labute approximate surface area is 102 Å². The molecular weight excluding hydrogens is 212 g/mol. The zero-order chi connectivity index (χ0) is 12.1. The average Bonchev–Trinajstić information content (AvgIpc) is 2.78. The maximum Gasteiger partial charge on any atom is 0.182 e. The lowest BCUT2D eigenvalue weighted by molar-refractivity contribution is 0.0945. The van der Waals surface area contributed by atoms with Crippen LogP contribution < -0.4 is 0 Å². The van der Waals surface area contributed by atoms with Crippen LogP contribution in [-0.2, 0) is 0 Å². The summed E-state index contributed by atoms with van der Waals surface area (Å²) in [7, 11) is 0. The number of ketones is 1. The van der Waals surface area contributed by atoms with Gasteiger partial charge in [-0.2, -0.15) is 0 Å². The molecule has 0 spiro atoms. The van der Waals surface area contributed by atoms with Gasteiger partial charge in [0, 0.05) is 24.5 Å². The summed E-state index contributed by atoms with van der Waals surface area (Å²) in [5.41, 5.74) is 0.787. The predicted octanol–water partition coefficient (Wildman–Crippen LogP) is 2.33. The molecular formula is C14H18N2O. The highest BCUT2D eigenvalue weighted by molar-refractivity contribution is 5.97. The van der Waals surface area contributed by atoms with Gasteiger partial charge in [0.15, 0.2) is 5.78 Å². The van der Waals surface area contributed by atoms with Crippen molar-refractivity contribution in [2.75, 3.05) is 19.8 Å². The number of Topliss-reactive ketones (excluding diaryl/α,β-unsaturated/α-hetero) is 1. The second-order valence-corrected chi connectivity index (χ2v) is 4.29. The number of carbonyl (C=O) groups is 1. The molecule has 0 aromatic heterocycles. The van der Waals surface area contributed by atoms with Crippen molar-refractivity contribution in [1.29, 1.82) is 0 Å². The molecule has 1 aromatic carbocycles. The van der Waals surface area contributed by atoms with Crippen LogP contribution in [0, 0.1) is 0 Å². The fourth-order valence-electron chi connectivity index (χ4n) is 1.95. The Bertz CT molecular complexity index is 400. The van der Waals surface area contributed by atoms with Gasteiger partial charge < -0.3 is 9.80 Å². The highest BCUT2D eigenvalue weighted by Crippen LogP contribution is 2.09. The normalized spacial score (nSPS) is 14.4. The van der Waals surface area contributed by atoms with Crippen LogP contribution in [0.25, 0.3) is 0 Å². The van der Waals surface area contributed by atoms with Gasteiger partial charge in [0.05, 0.1) is 13.2 Å². The van der Waals surface area contributed by atoms with E-state index in [0.29, 0.717) is 6.54 Å². The van der Waals surface area contributed by atoms with Crippen LogP contribution in [0.15, 0.2) is 42.7 Å². The van der Waals surface area contributed by atoms with Gasteiger partial charge in [0.2, 0.25) is 0 Å². The molecule has 0 amide bonds. The van der Waals surface area contributed by atoms with Crippen molar-refractivity contribution in [2.45, 2.75) is 13.3 Å². The fraction of sp³-hybridized carbons (Fsp3) is 0.357. The first kappa shape index (κ1) is 11.7. The smallest absolute Gasteiger partial charge is 0.182 e. The summed E-state index contributed by atoms with van der Waals surface area (Å²) in [5.74, 6) is 0.175. The molecule has 0 saturated heterocycles. The second kappa shape index (κ2) is 5.53. The number of rotatable bonds is 5. The van der Waals surface area contributed by atoms with E-state index in [-0.39, 0.29) is 5.78 Å². The Hall–Kier alpha value is -1.77. The Balaban J connectivity index is 1.87. The van der Waals surface area contributed by atoms with Crippen molar-refractivity contribution in [3.63, 3.8) is 0 Å². The summed E-state index contributed by atoms with van der Waals surface area (Å²) in [4.78, 5) is 16.2. The van der Waals surface area contributed by atoms with Crippen LogP contribution in [-0.4, -0.2) is 35.3 Å². The molecule has 90 valence electrons. The summed E-state index contributed by atoms with van der Waals surface area (Å²) >= 11 is 0. The molecule has 2 rings (SSSR count). The van der Waals surface area contributed by atoms with E-state index in [0.717, 1.165) is 25.2 Å². The minimum Gasteiger partial charge on any atom is -0.359 e. The monoisotopic (exact) mass is 230 g/mol. The van der Waals surface area contributed by atoms with Crippen molar-refractivity contribution in [1.82, 2.24) is 9.80 Å². The zero-order valence-corrected chi connectivity index (χ0v) is 10.2. The van der Waals surface area contributed by atoms with Gasteiger partial charge in [-0.05, 0) is 6.42 Å². The fourth-order valence-corrected chi connectivity index (χ4v) is 1.95. The maximum atomic E-state index is 12.0. The van der Waals surface area contributed by atoms with Gasteiger partial charge in [0.25, 0.3) is 0 Å². The predicted molar refractivity (Wildman–Crippen MR) is 68.5 cm³/mol. The molecule has 17 heavy (non-hydrogen) atoms. The lowest BCUT2D eigenvalue weighted by Gasteiger charge is -2.20. The number of hydrogen-bond acceptors (Lipinski definition) is 3. The highest BCUT2D eigenvalue weighted by Gasteiger charge is 2.15. The van der Waals surface area contributed by atoms with Crippen LogP contribution in [0.4, 0.5) is 0 Å². The van der Waals surface area contributed by atoms with E-state index < -0.39 is 0 Å². The minimum absolute atomic E-state index is 0.175. The van der Waals surface area contributed by atoms with Gasteiger partial charge >= 0.3 is 0 Å². The number of hydrogen-bond donors (Lipinski definition) is 0. The summed E-state index contributed by atoms with van der Waals surface area (Å²) in [6, 6.07) is 9.46. The van der Waals surface area contributed by atoms with Crippen molar-refractivity contribution in [3.05, 3.63) is 48.3 Å². The highest BCUT2D eigenvalue weighted by atomic mass is 16.1. The van der Waals surface area contributed by atoms with E-state index in [4.69, 9.17) is 0 Å². The topological polar surface area (TPSA) is 23.6 Å². The Morgan fingerprint density at radius 1 is 1.18 bits per heavy atom. The Morgan fingerprint density at radius 3 is 2.59 bits per heavy atom. The molecule has 0 fully saturated rings. The summed E-state index contributed by atoms with van der Waals surface area (Å²) in [5, 5.41) is 0. The van der Waals surface area contributed by atoms with Gasteiger partial charge in [0.1, 0.15) is 0 Å². The molecule has 0 unspecified atom stereocenters. The van der Waals surface area contributed by atoms with Crippen LogP contribution in [0.3, 0.4) is 0 Å². The largest absolute Gasteiger partial charge is 0.359 e. The van der Waals surface area contributed by atoms with Gasteiger partial charge in [-0.15, -0.1) is 0 Å². The lowest BCUT2D eigenvalue weighted by Crippen LogP contribution is -2.30. The third-order valence-corrected chi connectivity index (χ3v) is 2.80. The molecule has 0 aliphatic carbocycles. The molecule has 1 heterocycles. The van der Waals surface area contributed by atoms with E-state index in [2.05, 4.69) is 18.0 Å². The molecule has 0 atom stereocenters. The number of carbonyl (C=O) groups excluding carboxylic acids is 1. The van der Waals surface area contributed by atoms with Crippen molar-refractivity contribution in [3.8, 4) is 0 Å². The van der Waals surface area contributed by atoms with E-state index in [1.807, 2.05) is 41.4 Å². The van der Waals surface area contributed by atoms with Crippen LogP contribution in [0.2, 0.25) is 0 Å². The van der Waals surface area contributed by atoms with Gasteiger partial charge in [-0.1, -0.05) is 37.3 Å². The average molecular weight is 230 g/mol. The molecule has 3 heteroatoms. The SMILES string of the molecule is CCCN1C=CN(CC(=O)c2ccccc2)C1. The first-order chi connectivity index (χ1) is 8.29. The standard InChI is InChI=1S/C14H18N2O/c1-2-8-15-9-10-16(12-15)11-14(17)13-6-4-3-5-7-13/h3-7,9-10H,2,8,11-12H2,1H3. The Morgan fingerprint density at radius 2 is 1.88 bits per heavy atom. The first-order valence-electron chi connectivity index (χ1n) is 6.04. The summed E-state index contributed by atoms with van der Waals surface area (Å²) in [6.45, 7) is 4.49. The van der Waals surface area contributed by atoms with Crippen LogP contribution in [0.1, 0.15) is 23.7 Å². The molecule has 1 aliphatic heterocycles. The van der Waals surface area contributed by atoms with Crippen LogP contribution >= 0.6 is 0 Å². The minimum atomic E-state index is 0.175. The summed E-state index contributed by atoms with van der Waals surface area (Å²) < 4.78 is 0. The molecule has 0 radical (unpaired) electrons. The quantitative estimate of drug-likeness (QED) is 0.725. The molecule has 0 bridgehead atoms. The number of benzene rings is 1. The second-order valence-electron chi connectivity index (χ2n) is 4.29. The van der Waals surface area contributed by atoms with Crippen molar-refractivity contribution >= 4 is 5.78 Å². The van der Waals surface area contributed by atoms with Crippen molar-refractivity contribution < 1.29 is 4.79 Å². The van der Waals surface area contributed by atoms with E-state index in [9.17, 15) is 4.79 Å². The molecule has 1 aromatic rings. The molecule has 0 N–H and O–H groups in total. The van der Waals surface area contributed by atoms with Crippen molar-refractivity contribution in [2.24, 2.45) is 0 Å². The van der Waals surface area contributed by atoms with E-state index in [1.54, 1.807) is 0 Å². The van der Waals surface area contributed by atoms with E-state index >= 15 is 0 Å². The van der Waals surface area contributed by atoms with Gasteiger partial charge in [-0.3, -0.25) is 4.79 Å². The van der Waals surface area contributed by atoms with Gasteiger partial charge in [-0.25, -0.2) is 0 Å².